The number of aryl methyl sites for hydroxylation is 1. The molecule has 3 nitrogen and oxygen atoms in total. The fourth-order valence-corrected chi connectivity index (χ4v) is 1.82. The largest absolute Gasteiger partial charge is 0.379 e. The maximum atomic E-state index is 11.0. The number of hydrogen-bond acceptors (Lipinski definition) is 1. The van der Waals surface area contributed by atoms with Crippen molar-refractivity contribution in [3.8, 4) is 0 Å². The van der Waals surface area contributed by atoms with Crippen molar-refractivity contribution >= 4 is 8.38 Å². The SMILES string of the molecule is Cc1ccccc1C[PH+]([O])O[NH3+]. The van der Waals surface area contributed by atoms with E-state index in [0.717, 1.165) is 11.1 Å². The lowest BCUT2D eigenvalue weighted by molar-refractivity contribution is -0.638. The monoisotopic (exact) mass is 186 g/mol. The standard InChI is InChI=1S/C8H13NO2P/c1-7-4-2-3-5-8(7)6-12(10)11-9/h2-5,12H,6H2,1,9H3/q+2. The molecule has 0 aliphatic carbocycles. The highest BCUT2D eigenvalue weighted by molar-refractivity contribution is 7.44. The van der Waals surface area contributed by atoms with Crippen LogP contribution in [0.1, 0.15) is 11.1 Å². The summed E-state index contributed by atoms with van der Waals surface area (Å²) in [6, 6.07) is 7.84. The summed E-state index contributed by atoms with van der Waals surface area (Å²) in [4.78, 5) is 11.0. The van der Waals surface area contributed by atoms with Crippen LogP contribution >= 0.6 is 8.38 Å². The van der Waals surface area contributed by atoms with E-state index in [1.165, 1.54) is 0 Å². The molecule has 65 valence electrons. The third-order valence-corrected chi connectivity index (χ3v) is 2.75. The second kappa shape index (κ2) is 4.53. The molecule has 0 aliphatic rings. The van der Waals surface area contributed by atoms with Crippen LogP contribution in [-0.2, 0) is 15.7 Å². The van der Waals surface area contributed by atoms with E-state index in [4.69, 9.17) is 0 Å². The molecule has 1 atom stereocenters. The van der Waals surface area contributed by atoms with Crippen LogP contribution in [0.3, 0.4) is 0 Å². The second-order valence-corrected chi connectivity index (χ2v) is 4.01. The van der Waals surface area contributed by atoms with Crippen LogP contribution in [0.2, 0.25) is 0 Å². The van der Waals surface area contributed by atoms with Gasteiger partial charge in [-0.1, -0.05) is 24.3 Å². The minimum Gasteiger partial charge on any atom is -0.171 e. The minimum absolute atomic E-state index is 0.487. The molecule has 1 rings (SSSR count). The number of quaternary nitrogens is 1. The van der Waals surface area contributed by atoms with Crippen molar-refractivity contribution in [2.45, 2.75) is 13.1 Å². The summed E-state index contributed by atoms with van der Waals surface area (Å²) in [6.07, 6.45) is 0.487. The molecule has 0 heterocycles. The summed E-state index contributed by atoms with van der Waals surface area (Å²) < 4.78 is 4.51. The van der Waals surface area contributed by atoms with Gasteiger partial charge in [0, 0.05) is 0 Å². The Hall–Kier alpha value is -0.470. The summed E-state index contributed by atoms with van der Waals surface area (Å²) in [5.74, 6) is 3.14. The number of benzene rings is 1. The lowest BCUT2D eigenvalue weighted by atomic mass is 10.1. The van der Waals surface area contributed by atoms with Crippen molar-refractivity contribution in [2.24, 2.45) is 0 Å². The summed E-state index contributed by atoms with van der Waals surface area (Å²) in [5, 5.41) is 0. The Morgan fingerprint density at radius 1 is 1.50 bits per heavy atom. The number of rotatable bonds is 3. The first-order valence-electron chi connectivity index (χ1n) is 3.73. The first-order chi connectivity index (χ1) is 5.74. The second-order valence-electron chi connectivity index (χ2n) is 2.62. The molecule has 0 aliphatic heterocycles. The highest BCUT2D eigenvalue weighted by atomic mass is 31.2. The molecule has 0 bridgehead atoms. The lowest BCUT2D eigenvalue weighted by Crippen LogP contribution is -2.46. The van der Waals surface area contributed by atoms with Gasteiger partial charge in [-0.3, -0.25) is 0 Å². The van der Waals surface area contributed by atoms with Crippen molar-refractivity contribution < 1.29 is 15.4 Å². The Balaban J connectivity index is 2.69. The fourth-order valence-electron chi connectivity index (χ4n) is 1.01. The van der Waals surface area contributed by atoms with Gasteiger partial charge in [-0.15, -0.1) is 0 Å². The van der Waals surface area contributed by atoms with Crippen molar-refractivity contribution in [3.63, 3.8) is 0 Å². The van der Waals surface area contributed by atoms with E-state index >= 15 is 0 Å². The number of hydrogen-bond donors (Lipinski definition) is 1. The van der Waals surface area contributed by atoms with E-state index in [1.54, 1.807) is 0 Å². The lowest BCUT2D eigenvalue weighted by Gasteiger charge is -1.99. The van der Waals surface area contributed by atoms with Gasteiger partial charge in [0.05, 0.1) is 0 Å². The van der Waals surface area contributed by atoms with Gasteiger partial charge in [0.15, 0.2) is 0 Å². The first kappa shape index (κ1) is 9.62. The molecule has 0 saturated carbocycles. The van der Waals surface area contributed by atoms with Crippen LogP contribution in [0.25, 0.3) is 0 Å². The predicted octanol–water partition coefficient (Wildman–Crippen LogP) is 1.14. The maximum Gasteiger partial charge on any atom is 0.379 e. The minimum atomic E-state index is -1.96. The molecule has 12 heavy (non-hydrogen) atoms. The molecule has 0 fully saturated rings. The van der Waals surface area contributed by atoms with Gasteiger partial charge in [-0.2, -0.15) is 5.90 Å². The van der Waals surface area contributed by atoms with Crippen LogP contribution in [0.15, 0.2) is 24.3 Å². The van der Waals surface area contributed by atoms with Crippen molar-refractivity contribution in [2.75, 3.05) is 0 Å². The predicted molar refractivity (Wildman–Crippen MR) is 47.9 cm³/mol. The molecule has 1 aromatic rings. The molecular formula is C8H13NO2P+2. The van der Waals surface area contributed by atoms with Gasteiger partial charge in [-0.05, 0) is 27.6 Å². The van der Waals surface area contributed by atoms with Gasteiger partial charge in [0.2, 0.25) is 0 Å². The summed E-state index contributed by atoms with van der Waals surface area (Å²) in [6.45, 7) is 1.99. The Morgan fingerprint density at radius 3 is 2.75 bits per heavy atom. The van der Waals surface area contributed by atoms with Gasteiger partial charge in [0.25, 0.3) is 0 Å². The highest BCUT2D eigenvalue weighted by Crippen LogP contribution is 2.34. The van der Waals surface area contributed by atoms with E-state index in [9.17, 15) is 4.89 Å². The van der Waals surface area contributed by atoms with Gasteiger partial charge in [-0.25, -0.2) is 0 Å². The van der Waals surface area contributed by atoms with Crippen LogP contribution < -0.4 is 5.90 Å². The van der Waals surface area contributed by atoms with Crippen LogP contribution in [0.4, 0.5) is 0 Å². The zero-order valence-electron chi connectivity index (χ0n) is 7.04. The maximum absolute atomic E-state index is 11.0. The molecule has 1 radical (unpaired) electrons. The molecule has 0 spiro atoms. The van der Waals surface area contributed by atoms with E-state index in [2.05, 4.69) is 10.5 Å². The zero-order valence-corrected chi connectivity index (χ0v) is 8.04. The molecule has 0 amide bonds. The van der Waals surface area contributed by atoms with Crippen molar-refractivity contribution in [1.29, 1.82) is 0 Å². The summed E-state index contributed by atoms with van der Waals surface area (Å²) in [5.41, 5.74) is 2.22. The Kier molecular flexibility index (Phi) is 3.63. The Labute approximate surface area is 73.0 Å². The molecule has 0 saturated heterocycles. The highest BCUT2D eigenvalue weighted by Gasteiger charge is 2.18. The van der Waals surface area contributed by atoms with Crippen LogP contribution in [-0.4, -0.2) is 0 Å². The topological polar surface area (TPSA) is 56.8 Å². The van der Waals surface area contributed by atoms with Crippen LogP contribution in [0.5, 0.6) is 0 Å². The van der Waals surface area contributed by atoms with E-state index in [0.29, 0.717) is 6.16 Å². The third kappa shape index (κ3) is 2.54. The smallest absolute Gasteiger partial charge is 0.171 e. The van der Waals surface area contributed by atoms with Gasteiger partial charge >= 0.3 is 8.38 Å². The fraction of sp³-hybridized carbons (Fsp3) is 0.250. The third-order valence-electron chi connectivity index (χ3n) is 1.76. The van der Waals surface area contributed by atoms with Crippen molar-refractivity contribution in [1.82, 2.24) is 0 Å². The van der Waals surface area contributed by atoms with E-state index < -0.39 is 8.38 Å². The average molecular weight is 186 g/mol. The van der Waals surface area contributed by atoms with E-state index in [1.807, 2.05) is 31.2 Å². The molecule has 3 N–H and O–H groups in total. The molecule has 0 aromatic heterocycles. The van der Waals surface area contributed by atoms with Gasteiger partial charge < -0.3 is 0 Å². The zero-order chi connectivity index (χ0) is 8.97. The summed E-state index contributed by atoms with van der Waals surface area (Å²) in [7, 11) is -1.96. The summed E-state index contributed by atoms with van der Waals surface area (Å²) >= 11 is 0. The molecular weight excluding hydrogens is 173 g/mol. The van der Waals surface area contributed by atoms with E-state index in [-0.39, 0.29) is 0 Å². The molecule has 4 heteroatoms. The first-order valence-corrected chi connectivity index (χ1v) is 5.25. The average Bonchev–Trinajstić information content (AvgIpc) is 2.09. The van der Waals surface area contributed by atoms with Gasteiger partial charge in [0.1, 0.15) is 6.16 Å². The normalized spacial score (nSPS) is 12.9. The Morgan fingerprint density at radius 2 is 2.17 bits per heavy atom. The van der Waals surface area contributed by atoms with Crippen molar-refractivity contribution in [3.05, 3.63) is 35.4 Å². The van der Waals surface area contributed by atoms with Crippen LogP contribution in [0, 0.1) is 6.92 Å². The molecule has 1 aromatic carbocycles. The Bertz CT molecular complexity index is 255. The quantitative estimate of drug-likeness (QED) is 0.558. The molecule has 1 unspecified atom stereocenters.